The van der Waals surface area contributed by atoms with Gasteiger partial charge in [0.05, 0.1) is 43.7 Å². The van der Waals surface area contributed by atoms with Crippen molar-refractivity contribution < 1.29 is 23.9 Å². The second kappa shape index (κ2) is 11.5. The standard InChI is InChI=1S/C23H26N2O5S/c1-17(14-29-15-18-7-3-2-4-8-18)23(28)24-13-22(27)31-16-21(26)25-11-12-30-20-10-6-5-9-19(20)25/h2-10,17H,11-16H2,1H3,(H,24,28)/t17-/m0/s1. The van der Waals surface area contributed by atoms with Crippen molar-refractivity contribution in [1.82, 2.24) is 5.32 Å². The molecule has 1 atom stereocenters. The van der Waals surface area contributed by atoms with Gasteiger partial charge in [-0.05, 0) is 17.7 Å². The zero-order valence-electron chi connectivity index (χ0n) is 17.4. The van der Waals surface area contributed by atoms with Gasteiger partial charge in [0.15, 0.2) is 0 Å². The van der Waals surface area contributed by atoms with E-state index in [0.29, 0.717) is 31.2 Å². The van der Waals surface area contributed by atoms with Crippen molar-refractivity contribution in [2.24, 2.45) is 5.92 Å². The predicted molar refractivity (Wildman–Crippen MR) is 120 cm³/mol. The van der Waals surface area contributed by atoms with Gasteiger partial charge in [0.1, 0.15) is 12.4 Å². The SMILES string of the molecule is C[C@@H](COCc1ccccc1)C(=O)NCC(=O)SCC(=O)N1CCOc2ccccc21. The summed E-state index contributed by atoms with van der Waals surface area (Å²) < 4.78 is 11.1. The highest BCUT2D eigenvalue weighted by Crippen LogP contribution is 2.31. The minimum Gasteiger partial charge on any atom is -0.490 e. The monoisotopic (exact) mass is 442 g/mol. The van der Waals surface area contributed by atoms with E-state index in [9.17, 15) is 14.4 Å². The van der Waals surface area contributed by atoms with E-state index < -0.39 is 0 Å². The van der Waals surface area contributed by atoms with Crippen LogP contribution in [0.3, 0.4) is 0 Å². The van der Waals surface area contributed by atoms with Crippen molar-refractivity contribution in [2.45, 2.75) is 13.5 Å². The Morgan fingerprint density at radius 2 is 1.87 bits per heavy atom. The summed E-state index contributed by atoms with van der Waals surface area (Å²) in [5, 5.41) is 2.35. The van der Waals surface area contributed by atoms with Crippen molar-refractivity contribution in [2.75, 3.05) is 37.0 Å². The maximum absolute atomic E-state index is 12.5. The largest absolute Gasteiger partial charge is 0.490 e. The molecule has 1 aliphatic heterocycles. The molecule has 0 bridgehead atoms. The van der Waals surface area contributed by atoms with Gasteiger partial charge in [0.25, 0.3) is 0 Å². The first-order valence-electron chi connectivity index (χ1n) is 10.1. The van der Waals surface area contributed by atoms with Crippen molar-refractivity contribution in [3.05, 3.63) is 60.2 Å². The third-order valence-corrected chi connectivity index (χ3v) is 5.58. The summed E-state index contributed by atoms with van der Waals surface area (Å²) in [6.45, 7) is 3.18. The zero-order chi connectivity index (χ0) is 22.1. The molecule has 164 valence electrons. The number of nitrogens with zero attached hydrogens (tertiary/aromatic N) is 1. The van der Waals surface area contributed by atoms with Crippen molar-refractivity contribution in [3.8, 4) is 5.75 Å². The van der Waals surface area contributed by atoms with Gasteiger partial charge in [-0.3, -0.25) is 14.4 Å². The Labute approximate surface area is 186 Å². The van der Waals surface area contributed by atoms with Crippen LogP contribution < -0.4 is 15.0 Å². The third-order valence-electron chi connectivity index (χ3n) is 4.72. The van der Waals surface area contributed by atoms with Crippen LogP contribution in [0.15, 0.2) is 54.6 Å². The molecule has 8 heteroatoms. The van der Waals surface area contributed by atoms with Gasteiger partial charge in [-0.25, -0.2) is 0 Å². The van der Waals surface area contributed by atoms with E-state index in [1.807, 2.05) is 54.6 Å². The summed E-state index contributed by atoms with van der Waals surface area (Å²) in [7, 11) is 0. The summed E-state index contributed by atoms with van der Waals surface area (Å²) >= 11 is 0.905. The van der Waals surface area contributed by atoms with E-state index in [2.05, 4.69) is 5.32 Å². The minimum absolute atomic E-state index is 0.0127. The van der Waals surface area contributed by atoms with E-state index in [-0.39, 0.29) is 41.8 Å². The van der Waals surface area contributed by atoms with Gasteiger partial charge in [-0.1, -0.05) is 61.2 Å². The molecule has 0 spiro atoms. The quantitative estimate of drug-likeness (QED) is 0.643. The number of hydrogen-bond acceptors (Lipinski definition) is 6. The van der Waals surface area contributed by atoms with Crippen molar-refractivity contribution in [1.29, 1.82) is 0 Å². The third kappa shape index (κ3) is 6.83. The van der Waals surface area contributed by atoms with Crippen LogP contribution in [-0.4, -0.2) is 49.0 Å². The van der Waals surface area contributed by atoms with Crippen molar-refractivity contribution in [3.63, 3.8) is 0 Å². The van der Waals surface area contributed by atoms with Gasteiger partial charge in [0, 0.05) is 0 Å². The highest BCUT2D eigenvalue weighted by atomic mass is 32.2. The summed E-state index contributed by atoms with van der Waals surface area (Å²) in [6.07, 6.45) is 0. The Bertz CT molecular complexity index is 906. The topological polar surface area (TPSA) is 84.9 Å². The lowest BCUT2D eigenvalue weighted by atomic mass is 10.2. The molecule has 1 heterocycles. The maximum atomic E-state index is 12.5. The molecule has 2 aromatic rings. The highest BCUT2D eigenvalue weighted by Gasteiger charge is 2.24. The van der Waals surface area contributed by atoms with Gasteiger partial charge in [-0.2, -0.15) is 0 Å². The predicted octanol–water partition coefficient (Wildman–Crippen LogP) is 2.64. The Hall–Kier alpha value is -2.84. The second-order valence-corrected chi connectivity index (χ2v) is 8.17. The van der Waals surface area contributed by atoms with E-state index >= 15 is 0 Å². The molecule has 2 amide bonds. The Kier molecular flexibility index (Phi) is 8.49. The number of para-hydroxylation sites is 2. The summed E-state index contributed by atoms with van der Waals surface area (Å²) in [6, 6.07) is 17.0. The first-order valence-corrected chi connectivity index (χ1v) is 11.1. The molecule has 1 N–H and O–H groups in total. The highest BCUT2D eigenvalue weighted by molar-refractivity contribution is 8.14. The molecule has 7 nitrogen and oxygen atoms in total. The lowest BCUT2D eigenvalue weighted by molar-refractivity contribution is -0.127. The van der Waals surface area contributed by atoms with Crippen LogP contribution in [0.2, 0.25) is 0 Å². The first-order chi connectivity index (χ1) is 15.0. The second-order valence-electron chi connectivity index (χ2n) is 7.14. The molecule has 0 saturated heterocycles. The smallest absolute Gasteiger partial charge is 0.237 e. The first kappa shape index (κ1) is 22.8. The van der Waals surface area contributed by atoms with E-state index in [1.165, 1.54) is 0 Å². The Morgan fingerprint density at radius 1 is 1.13 bits per heavy atom. The summed E-state index contributed by atoms with van der Waals surface area (Å²) in [5.74, 6) is -0.126. The van der Waals surface area contributed by atoms with Crippen LogP contribution in [0, 0.1) is 5.92 Å². The van der Waals surface area contributed by atoms with Crippen LogP contribution >= 0.6 is 11.8 Å². The molecule has 0 fully saturated rings. The van der Waals surface area contributed by atoms with Crippen LogP contribution in [0.5, 0.6) is 5.75 Å². The molecule has 3 rings (SSSR count). The number of nitrogens with one attached hydrogen (secondary N) is 1. The average molecular weight is 443 g/mol. The fourth-order valence-electron chi connectivity index (χ4n) is 3.04. The molecule has 31 heavy (non-hydrogen) atoms. The molecule has 0 radical (unpaired) electrons. The number of benzene rings is 2. The average Bonchev–Trinajstić information content (AvgIpc) is 2.81. The lowest BCUT2D eigenvalue weighted by Gasteiger charge is -2.29. The number of anilines is 1. The van der Waals surface area contributed by atoms with E-state index in [0.717, 1.165) is 17.3 Å². The van der Waals surface area contributed by atoms with Crippen LogP contribution in [0.1, 0.15) is 12.5 Å². The number of thioether (sulfide) groups is 1. The molecule has 0 saturated carbocycles. The van der Waals surface area contributed by atoms with Crippen LogP contribution in [-0.2, 0) is 25.7 Å². The molecule has 0 aromatic heterocycles. The number of carbonyl (C=O) groups excluding carboxylic acids is 3. The van der Waals surface area contributed by atoms with Crippen LogP contribution in [0.4, 0.5) is 5.69 Å². The molecule has 1 aliphatic rings. The fourth-order valence-corrected chi connectivity index (χ4v) is 3.65. The lowest BCUT2D eigenvalue weighted by Crippen LogP contribution is -2.39. The molecular formula is C23H26N2O5S. The number of ether oxygens (including phenoxy) is 2. The number of fused-ring (bicyclic) bond motifs is 1. The van der Waals surface area contributed by atoms with E-state index in [4.69, 9.17) is 9.47 Å². The molecular weight excluding hydrogens is 416 g/mol. The minimum atomic E-state index is -0.381. The molecule has 2 aromatic carbocycles. The fraction of sp³-hybridized carbons (Fsp3) is 0.348. The number of rotatable bonds is 9. The Balaban J connectivity index is 1.35. The van der Waals surface area contributed by atoms with Gasteiger partial charge >= 0.3 is 0 Å². The van der Waals surface area contributed by atoms with E-state index in [1.54, 1.807) is 11.8 Å². The van der Waals surface area contributed by atoms with Gasteiger partial charge < -0.3 is 19.7 Å². The normalized spacial score (nSPS) is 13.6. The number of amides is 2. The van der Waals surface area contributed by atoms with Gasteiger partial charge in [-0.15, -0.1) is 0 Å². The number of carbonyl (C=O) groups is 3. The molecule has 0 unspecified atom stereocenters. The van der Waals surface area contributed by atoms with Crippen LogP contribution in [0.25, 0.3) is 0 Å². The zero-order valence-corrected chi connectivity index (χ0v) is 18.2. The summed E-state index contributed by atoms with van der Waals surface area (Å²) in [5.41, 5.74) is 1.75. The Morgan fingerprint density at radius 3 is 2.68 bits per heavy atom. The number of hydrogen-bond donors (Lipinski definition) is 1. The summed E-state index contributed by atoms with van der Waals surface area (Å²) in [4.78, 5) is 38.5. The van der Waals surface area contributed by atoms with Gasteiger partial charge in [0.2, 0.25) is 16.9 Å². The maximum Gasteiger partial charge on any atom is 0.237 e. The molecule has 0 aliphatic carbocycles. The van der Waals surface area contributed by atoms with Crippen molar-refractivity contribution >= 4 is 34.4 Å².